The number of piperazine rings is 1. The molecule has 1 atom stereocenters. The van der Waals surface area contributed by atoms with E-state index in [-0.39, 0.29) is 18.5 Å². The van der Waals surface area contributed by atoms with Crippen molar-refractivity contribution in [2.75, 3.05) is 26.2 Å². The van der Waals surface area contributed by atoms with E-state index in [1.165, 1.54) is 11.8 Å². The van der Waals surface area contributed by atoms with Gasteiger partial charge in [-0.1, -0.05) is 18.2 Å². The Hall–Kier alpha value is -2.06. The third kappa shape index (κ3) is 4.33. The Bertz CT molecular complexity index is 882. The van der Waals surface area contributed by atoms with Gasteiger partial charge < -0.3 is 5.11 Å². The van der Waals surface area contributed by atoms with E-state index in [2.05, 4.69) is 31.5 Å². The SMILES string of the molecule is OCCC1CN(Cc2cccn2-c2nccs2)CCN1Cc1ccccc1F. The molecule has 1 aliphatic heterocycles. The Morgan fingerprint density at radius 1 is 1.14 bits per heavy atom. The molecule has 7 heteroatoms. The van der Waals surface area contributed by atoms with Gasteiger partial charge in [0.1, 0.15) is 5.82 Å². The molecule has 3 aromatic rings. The van der Waals surface area contributed by atoms with Gasteiger partial charge in [0.05, 0.1) is 0 Å². The number of halogens is 1. The van der Waals surface area contributed by atoms with Crippen LogP contribution in [0.25, 0.3) is 5.13 Å². The number of aliphatic hydroxyl groups excluding tert-OH is 1. The normalized spacial score (nSPS) is 18.6. The van der Waals surface area contributed by atoms with Gasteiger partial charge in [0.25, 0.3) is 0 Å². The number of aromatic nitrogens is 2. The monoisotopic (exact) mass is 400 g/mol. The lowest BCUT2D eigenvalue weighted by atomic mass is 10.1. The topological polar surface area (TPSA) is 44.5 Å². The summed E-state index contributed by atoms with van der Waals surface area (Å²) in [6.07, 6.45) is 4.56. The maximum absolute atomic E-state index is 14.1. The van der Waals surface area contributed by atoms with Crippen molar-refractivity contribution in [1.29, 1.82) is 0 Å². The first-order valence-electron chi connectivity index (χ1n) is 9.61. The minimum Gasteiger partial charge on any atom is -0.396 e. The molecule has 1 N–H and O–H groups in total. The summed E-state index contributed by atoms with van der Waals surface area (Å²) in [5.74, 6) is -0.158. The molecular weight excluding hydrogens is 375 g/mol. The molecule has 0 radical (unpaired) electrons. The Morgan fingerprint density at radius 3 is 2.82 bits per heavy atom. The third-order valence-electron chi connectivity index (χ3n) is 5.33. The number of hydrogen-bond donors (Lipinski definition) is 1. The van der Waals surface area contributed by atoms with Gasteiger partial charge in [-0.2, -0.15) is 0 Å². The van der Waals surface area contributed by atoms with Crippen LogP contribution in [0.15, 0.2) is 54.2 Å². The fourth-order valence-corrected chi connectivity index (χ4v) is 4.53. The lowest BCUT2D eigenvalue weighted by molar-refractivity contribution is 0.0485. The van der Waals surface area contributed by atoms with Gasteiger partial charge in [-0.25, -0.2) is 9.37 Å². The van der Waals surface area contributed by atoms with Gasteiger partial charge in [-0.3, -0.25) is 14.4 Å². The molecule has 0 saturated carbocycles. The predicted molar refractivity (Wildman–Crippen MR) is 109 cm³/mol. The Morgan fingerprint density at radius 2 is 2.04 bits per heavy atom. The van der Waals surface area contributed by atoms with Crippen LogP contribution >= 0.6 is 11.3 Å². The Labute approximate surface area is 168 Å². The molecule has 3 heterocycles. The van der Waals surface area contributed by atoms with E-state index in [0.717, 1.165) is 36.9 Å². The molecule has 0 aliphatic carbocycles. The van der Waals surface area contributed by atoms with Crippen LogP contribution in [-0.4, -0.2) is 56.7 Å². The molecule has 1 aromatic carbocycles. The highest BCUT2D eigenvalue weighted by Crippen LogP contribution is 2.21. The van der Waals surface area contributed by atoms with E-state index in [1.54, 1.807) is 17.4 Å². The van der Waals surface area contributed by atoms with E-state index < -0.39 is 0 Å². The number of thiazole rings is 1. The lowest BCUT2D eigenvalue weighted by Gasteiger charge is -2.41. The summed E-state index contributed by atoms with van der Waals surface area (Å²) in [6, 6.07) is 11.4. The number of hydrogen-bond acceptors (Lipinski definition) is 5. The third-order valence-corrected chi connectivity index (χ3v) is 6.10. The van der Waals surface area contributed by atoms with Crippen molar-refractivity contribution < 1.29 is 9.50 Å². The van der Waals surface area contributed by atoms with Crippen LogP contribution in [0.3, 0.4) is 0 Å². The zero-order valence-corrected chi connectivity index (χ0v) is 16.6. The van der Waals surface area contributed by atoms with Crippen LogP contribution < -0.4 is 0 Å². The van der Waals surface area contributed by atoms with Gasteiger partial charge in [-0.05, 0) is 24.6 Å². The molecule has 1 fully saturated rings. The second-order valence-electron chi connectivity index (χ2n) is 7.15. The number of benzene rings is 1. The maximum Gasteiger partial charge on any atom is 0.193 e. The van der Waals surface area contributed by atoms with E-state index in [4.69, 9.17) is 0 Å². The first-order valence-corrected chi connectivity index (χ1v) is 10.5. The Balaban J connectivity index is 1.44. The van der Waals surface area contributed by atoms with Crippen molar-refractivity contribution in [3.63, 3.8) is 0 Å². The van der Waals surface area contributed by atoms with E-state index >= 15 is 0 Å². The minimum atomic E-state index is -0.158. The summed E-state index contributed by atoms with van der Waals surface area (Å²) in [6.45, 7) is 4.19. The molecule has 28 heavy (non-hydrogen) atoms. The van der Waals surface area contributed by atoms with E-state index in [9.17, 15) is 9.50 Å². The van der Waals surface area contributed by atoms with Gasteiger partial charge in [0.2, 0.25) is 0 Å². The zero-order chi connectivity index (χ0) is 19.3. The number of aliphatic hydroxyl groups is 1. The van der Waals surface area contributed by atoms with Crippen LogP contribution in [0.2, 0.25) is 0 Å². The molecule has 1 unspecified atom stereocenters. The van der Waals surface area contributed by atoms with Crippen LogP contribution in [-0.2, 0) is 13.1 Å². The Kier molecular flexibility index (Phi) is 6.17. The quantitative estimate of drug-likeness (QED) is 0.662. The van der Waals surface area contributed by atoms with Crippen LogP contribution in [0, 0.1) is 5.82 Å². The van der Waals surface area contributed by atoms with Crippen molar-refractivity contribution in [1.82, 2.24) is 19.4 Å². The summed E-state index contributed by atoms with van der Waals surface area (Å²) in [5.41, 5.74) is 1.93. The fraction of sp³-hybridized carbons (Fsp3) is 0.381. The van der Waals surface area contributed by atoms with E-state index in [1.807, 2.05) is 29.9 Å². The van der Waals surface area contributed by atoms with Crippen molar-refractivity contribution in [3.8, 4) is 5.13 Å². The van der Waals surface area contributed by atoms with Gasteiger partial charge in [0, 0.05) is 74.4 Å². The molecule has 0 bridgehead atoms. The molecular formula is C21H25FN4OS. The van der Waals surface area contributed by atoms with Crippen LogP contribution in [0.5, 0.6) is 0 Å². The molecule has 148 valence electrons. The molecule has 4 rings (SSSR count). The van der Waals surface area contributed by atoms with E-state index in [0.29, 0.717) is 13.0 Å². The summed E-state index contributed by atoms with van der Waals surface area (Å²) in [5, 5.41) is 12.5. The van der Waals surface area contributed by atoms with Crippen molar-refractivity contribution in [3.05, 3.63) is 71.2 Å². The highest BCUT2D eigenvalue weighted by molar-refractivity contribution is 7.12. The van der Waals surface area contributed by atoms with Gasteiger partial charge in [0.15, 0.2) is 5.13 Å². The first-order chi connectivity index (χ1) is 13.7. The zero-order valence-electron chi connectivity index (χ0n) is 15.7. The molecule has 5 nitrogen and oxygen atoms in total. The van der Waals surface area contributed by atoms with Crippen molar-refractivity contribution in [2.24, 2.45) is 0 Å². The summed E-state index contributed by atoms with van der Waals surface area (Å²) < 4.78 is 16.2. The lowest BCUT2D eigenvalue weighted by Crippen LogP contribution is -2.52. The van der Waals surface area contributed by atoms with Crippen LogP contribution in [0.4, 0.5) is 4.39 Å². The average molecular weight is 401 g/mol. The molecule has 0 amide bonds. The van der Waals surface area contributed by atoms with Crippen LogP contribution in [0.1, 0.15) is 17.7 Å². The fourth-order valence-electron chi connectivity index (χ4n) is 3.87. The summed E-state index contributed by atoms with van der Waals surface area (Å²) >= 11 is 1.63. The smallest absolute Gasteiger partial charge is 0.193 e. The number of rotatable bonds is 7. The van der Waals surface area contributed by atoms with Gasteiger partial charge >= 0.3 is 0 Å². The molecule has 1 saturated heterocycles. The molecule has 1 aliphatic rings. The summed E-state index contributed by atoms with van der Waals surface area (Å²) in [7, 11) is 0. The highest BCUT2D eigenvalue weighted by Gasteiger charge is 2.27. The standard InChI is InChI=1S/C21H25FN4OS/c22-20-6-2-1-4-17(20)14-25-11-10-24(15-18(25)7-12-27)16-19-5-3-9-26(19)21-23-8-13-28-21/h1-6,8-9,13,18,27H,7,10-12,14-16H2. The molecule has 0 spiro atoms. The average Bonchev–Trinajstić information content (AvgIpc) is 3.37. The van der Waals surface area contributed by atoms with Crippen molar-refractivity contribution in [2.45, 2.75) is 25.6 Å². The molecule has 2 aromatic heterocycles. The maximum atomic E-state index is 14.1. The van der Waals surface area contributed by atoms with Crippen molar-refractivity contribution >= 4 is 11.3 Å². The first kappa shape index (κ1) is 19.3. The highest BCUT2D eigenvalue weighted by atomic mass is 32.1. The largest absolute Gasteiger partial charge is 0.396 e. The minimum absolute atomic E-state index is 0.141. The van der Waals surface area contributed by atoms with Gasteiger partial charge in [-0.15, -0.1) is 11.3 Å². The second-order valence-corrected chi connectivity index (χ2v) is 8.02. The summed E-state index contributed by atoms with van der Waals surface area (Å²) in [4.78, 5) is 9.12. The number of nitrogens with zero attached hydrogens (tertiary/aromatic N) is 4. The second kappa shape index (κ2) is 8.96. The predicted octanol–water partition coefficient (Wildman–Crippen LogP) is 3.14.